The monoisotopic (exact) mass is 285 g/mol. The molecule has 0 aliphatic rings. The van der Waals surface area contributed by atoms with E-state index in [2.05, 4.69) is 21.2 Å². The molecule has 1 aromatic carbocycles. The van der Waals surface area contributed by atoms with E-state index in [0.717, 1.165) is 5.56 Å². The average molecular weight is 286 g/mol. The number of alkyl halides is 1. The van der Waals surface area contributed by atoms with Gasteiger partial charge in [-0.15, -0.1) is 0 Å². The number of benzene rings is 1. The highest BCUT2D eigenvalue weighted by molar-refractivity contribution is 9.09. The minimum Gasteiger partial charge on any atom is -0.383 e. The maximum Gasteiger partial charge on any atom is 0.224 e. The van der Waals surface area contributed by atoms with Crippen molar-refractivity contribution < 1.29 is 9.53 Å². The van der Waals surface area contributed by atoms with Gasteiger partial charge in [-0.1, -0.05) is 46.3 Å². The summed E-state index contributed by atoms with van der Waals surface area (Å²) >= 11 is 3.34. The number of amides is 1. The van der Waals surface area contributed by atoms with Gasteiger partial charge in [0.25, 0.3) is 0 Å². The van der Waals surface area contributed by atoms with Crippen LogP contribution < -0.4 is 5.32 Å². The summed E-state index contributed by atoms with van der Waals surface area (Å²) < 4.78 is 5.00. The second-order valence-electron chi connectivity index (χ2n) is 3.54. The summed E-state index contributed by atoms with van der Waals surface area (Å²) in [6.45, 7) is 0.520. The van der Waals surface area contributed by atoms with Crippen LogP contribution in [0.2, 0.25) is 0 Å². The standard InChI is InChI=1S/C12H16BrNO2/c1-16-9-11(8-13)14-12(15)7-10-5-3-2-4-6-10/h2-6,11H,7-9H2,1H3,(H,14,15). The molecule has 16 heavy (non-hydrogen) atoms. The fraction of sp³-hybridized carbons (Fsp3) is 0.417. The first-order chi connectivity index (χ1) is 7.76. The van der Waals surface area contributed by atoms with E-state index in [1.54, 1.807) is 7.11 Å². The molecule has 1 rings (SSSR count). The van der Waals surface area contributed by atoms with Gasteiger partial charge in [0.2, 0.25) is 5.91 Å². The maximum absolute atomic E-state index is 11.7. The number of hydrogen-bond acceptors (Lipinski definition) is 2. The molecule has 1 aromatic rings. The number of halogens is 1. The fourth-order valence-electron chi connectivity index (χ4n) is 1.39. The third-order valence-corrected chi connectivity index (χ3v) is 2.91. The molecule has 1 atom stereocenters. The first kappa shape index (κ1) is 13.2. The second kappa shape index (κ2) is 7.41. The van der Waals surface area contributed by atoms with Gasteiger partial charge in [-0.3, -0.25) is 4.79 Å². The molecule has 0 heterocycles. The zero-order valence-corrected chi connectivity index (χ0v) is 10.9. The number of carbonyl (C=O) groups is 1. The second-order valence-corrected chi connectivity index (χ2v) is 4.18. The quantitative estimate of drug-likeness (QED) is 0.809. The SMILES string of the molecule is COCC(CBr)NC(=O)Cc1ccccc1. The molecule has 0 fully saturated rings. The van der Waals surface area contributed by atoms with Crippen molar-refractivity contribution in [3.63, 3.8) is 0 Å². The largest absolute Gasteiger partial charge is 0.383 e. The van der Waals surface area contributed by atoms with Crippen molar-refractivity contribution >= 4 is 21.8 Å². The van der Waals surface area contributed by atoms with E-state index in [9.17, 15) is 4.79 Å². The van der Waals surface area contributed by atoms with Crippen molar-refractivity contribution in [1.82, 2.24) is 5.32 Å². The van der Waals surface area contributed by atoms with Crippen molar-refractivity contribution in [3.05, 3.63) is 35.9 Å². The summed E-state index contributed by atoms with van der Waals surface area (Å²) in [4.78, 5) is 11.7. The lowest BCUT2D eigenvalue weighted by atomic mass is 10.1. The normalized spacial score (nSPS) is 12.1. The molecule has 0 aromatic heterocycles. The Kier molecular flexibility index (Phi) is 6.11. The highest BCUT2D eigenvalue weighted by Gasteiger charge is 2.10. The number of ether oxygens (including phenoxy) is 1. The summed E-state index contributed by atoms with van der Waals surface area (Å²) in [5.74, 6) is 0.0210. The van der Waals surface area contributed by atoms with Gasteiger partial charge in [0.1, 0.15) is 0 Å². The lowest BCUT2D eigenvalue weighted by molar-refractivity contribution is -0.121. The Hall–Kier alpha value is -0.870. The van der Waals surface area contributed by atoms with Gasteiger partial charge in [-0.25, -0.2) is 0 Å². The van der Waals surface area contributed by atoms with Crippen LogP contribution in [0.1, 0.15) is 5.56 Å². The van der Waals surface area contributed by atoms with Crippen LogP contribution in [0.4, 0.5) is 0 Å². The maximum atomic E-state index is 11.7. The van der Waals surface area contributed by atoms with E-state index in [0.29, 0.717) is 18.4 Å². The summed E-state index contributed by atoms with van der Waals surface area (Å²) in [5.41, 5.74) is 1.02. The topological polar surface area (TPSA) is 38.3 Å². The summed E-state index contributed by atoms with van der Waals surface area (Å²) in [6, 6.07) is 9.71. The predicted molar refractivity (Wildman–Crippen MR) is 67.7 cm³/mol. The van der Waals surface area contributed by atoms with Gasteiger partial charge in [0, 0.05) is 12.4 Å². The molecule has 0 aliphatic carbocycles. The number of hydrogen-bond donors (Lipinski definition) is 1. The number of rotatable bonds is 6. The van der Waals surface area contributed by atoms with Gasteiger partial charge < -0.3 is 10.1 Å². The van der Waals surface area contributed by atoms with Crippen LogP contribution in [0.5, 0.6) is 0 Å². The van der Waals surface area contributed by atoms with E-state index in [4.69, 9.17) is 4.74 Å². The number of nitrogens with one attached hydrogen (secondary N) is 1. The van der Waals surface area contributed by atoms with E-state index in [1.165, 1.54) is 0 Å². The molecule has 0 bridgehead atoms. The van der Waals surface area contributed by atoms with Crippen molar-refractivity contribution in [3.8, 4) is 0 Å². The van der Waals surface area contributed by atoms with Crippen molar-refractivity contribution in [1.29, 1.82) is 0 Å². The van der Waals surface area contributed by atoms with Gasteiger partial charge in [0.05, 0.1) is 19.1 Å². The van der Waals surface area contributed by atoms with E-state index >= 15 is 0 Å². The van der Waals surface area contributed by atoms with Crippen molar-refractivity contribution in [2.45, 2.75) is 12.5 Å². The molecule has 88 valence electrons. The lowest BCUT2D eigenvalue weighted by Gasteiger charge is -2.15. The molecule has 4 heteroatoms. The van der Waals surface area contributed by atoms with Crippen LogP contribution in [0.15, 0.2) is 30.3 Å². The molecule has 3 nitrogen and oxygen atoms in total. The first-order valence-electron chi connectivity index (χ1n) is 5.14. The summed E-state index contributed by atoms with van der Waals surface area (Å²) in [5, 5.41) is 3.60. The smallest absolute Gasteiger partial charge is 0.224 e. The Morgan fingerprint density at radius 1 is 1.44 bits per heavy atom. The molecule has 0 saturated heterocycles. The Balaban J connectivity index is 2.41. The third-order valence-electron chi connectivity index (χ3n) is 2.13. The van der Waals surface area contributed by atoms with Gasteiger partial charge in [-0.05, 0) is 5.56 Å². The van der Waals surface area contributed by atoms with Crippen molar-refractivity contribution in [2.24, 2.45) is 0 Å². The van der Waals surface area contributed by atoms with Gasteiger partial charge in [0.15, 0.2) is 0 Å². The minimum atomic E-state index is 0.0210. The van der Waals surface area contributed by atoms with Crippen molar-refractivity contribution in [2.75, 3.05) is 19.0 Å². The molecular weight excluding hydrogens is 270 g/mol. The fourth-order valence-corrected chi connectivity index (χ4v) is 1.73. The Morgan fingerprint density at radius 3 is 2.69 bits per heavy atom. The zero-order valence-electron chi connectivity index (χ0n) is 9.28. The Morgan fingerprint density at radius 2 is 2.12 bits per heavy atom. The van der Waals surface area contributed by atoms with Crippen LogP contribution in [0.3, 0.4) is 0 Å². The van der Waals surface area contributed by atoms with Crippen LogP contribution in [-0.4, -0.2) is 31.0 Å². The van der Waals surface area contributed by atoms with Crippen LogP contribution in [-0.2, 0) is 16.0 Å². The predicted octanol–water partition coefficient (Wildman–Crippen LogP) is 1.76. The van der Waals surface area contributed by atoms with Gasteiger partial charge >= 0.3 is 0 Å². The highest BCUT2D eigenvalue weighted by Crippen LogP contribution is 2.00. The van der Waals surface area contributed by atoms with Crippen LogP contribution >= 0.6 is 15.9 Å². The molecule has 1 N–H and O–H groups in total. The molecule has 1 amide bonds. The molecule has 0 aliphatic heterocycles. The van der Waals surface area contributed by atoms with E-state index in [-0.39, 0.29) is 11.9 Å². The van der Waals surface area contributed by atoms with E-state index in [1.807, 2.05) is 30.3 Å². The minimum absolute atomic E-state index is 0.0210. The zero-order chi connectivity index (χ0) is 11.8. The third kappa shape index (κ3) is 4.77. The summed E-state index contributed by atoms with van der Waals surface area (Å²) in [6.07, 6.45) is 0.411. The molecule has 0 saturated carbocycles. The summed E-state index contributed by atoms with van der Waals surface area (Å²) in [7, 11) is 1.62. The molecular formula is C12H16BrNO2. The molecule has 1 unspecified atom stereocenters. The lowest BCUT2D eigenvalue weighted by Crippen LogP contribution is -2.40. The van der Waals surface area contributed by atoms with Gasteiger partial charge in [-0.2, -0.15) is 0 Å². The Labute approximate surface area is 104 Å². The number of carbonyl (C=O) groups excluding carboxylic acids is 1. The molecule has 0 radical (unpaired) electrons. The van der Waals surface area contributed by atoms with Crippen LogP contribution in [0.25, 0.3) is 0 Å². The number of methoxy groups -OCH3 is 1. The van der Waals surface area contributed by atoms with E-state index < -0.39 is 0 Å². The average Bonchev–Trinajstić information content (AvgIpc) is 2.29. The highest BCUT2D eigenvalue weighted by atomic mass is 79.9. The molecule has 0 spiro atoms. The Bertz CT molecular complexity index is 316. The van der Waals surface area contributed by atoms with Crippen LogP contribution in [0, 0.1) is 0 Å². The first-order valence-corrected chi connectivity index (χ1v) is 6.26.